The molecule has 29 heavy (non-hydrogen) atoms. The molecule has 3 N–H and O–H groups in total. The minimum atomic E-state index is -4.47. The average Bonchev–Trinajstić information content (AvgIpc) is 2.69. The number of amides is 2. The van der Waals surface area contributed by atoms with Gasteiger partial charge in [0.05, 0.1) is 5.56 Å². The van der Waals surface area contributed by atoms with Gasteiger partial charge in [0.2, 0.25) is 0 Å². The van der Waals surface area contributed by atoms with Gasteiger partial charge in [-0.05, 0) is 42.5 Å². The molecule has 10 heteroatoms. The molecule has 2 amide bonds. The Kier molecular flexibility index (Phi) is 6.23. The molecule has 0 unspecified atom stereocenters. The highest BCUT2D eigenvalue weighted by atomic mass is 32.2. The van der Waals surface area contributed by atoms with E-state index < -0.39 is 17.8 Å². The van der Waals surface area contributed by atoms with E-state index in [-0.39, 0.29) is 5.69 Å². The van der Waals surface area contributed by atoms with E-state index in [0.717, 1.165) is 22.1 Å². The van der Waals surface area contributed by atoms with Gasteiger partial charge in [-0.15, -0.1) is 0 Å². The summed E-state index contributed by atoms with van der Waals surface area (Å²) < 4.78 is 38.2. The van der Waals surface area contributed by atoms with Crippen molar-refractivity contribution in [1.82, 2.24) is 9.97 Å². The fourth-order valence-corrected chi connectivity index (χ4v) is 3.11. The number of nitrogens with one attached hydrogen (secondary N) is 3. The van der Waals surface area contributed by atoms with Crippen LogP contribution < -0.4 is 16.0 Å². The first kappa shape index (κ1) is 20.5. The lowest BCUT2D eigenvalue weighted by atomic mass is 10.2. The summed E-state index contributed by atoms with van der Waals surface area (Å²) in [6.07, 6.45) is -3.01. The monoisotopic (exact) mass is 419 g/mol. The summed E-state index contributed by atoms with van der Waals surface area (Å²) in [7, 11) is 1.77. The molecule has 0 saturated carbocycles. The van der Waals surface area contributed by atoms with Crippen LogP contribution in [0.2, 0.25) is 0 Å². The third-order valence-corrected chi connectivity index (χ3v) is 4.62. The number of alkyl halides is 3. The predicted molar refractivity (Wildman–Crippen MR) is 106 cm³/mol. The van der Waals surface area contributed by atoms with E-state index in [4.69, 9.17) is 0 Å². The highest BCUT2D eigenvalue weighted by Gasteiger charge is 2.30. The van der Waals surface area contributed by atoms with Crippen molar-refractivity contribution in [2.75, 3.05) is 23.0 Å². The number of aromatic nitrogens is 2. The first-order valence-electron chi connectivity index (χ1n) is 8.36. The van der Waals surface area contributed by atoms with Crippen LogP contribution in [0, 0.1) is 0 Å². The molecule has 0 aliphatic carbocycles. The van der Waals surface area contributed by atoms with Gasteiger partial charge in [-0.1, -0.05) is 17.8 Å². The van der Waals surface area contributed by atoms with E-state index in [1.165, 1.54) is 30.2 Å². The Morgan fingerprint density at radius 3 is 2.38 bits per heavy atom. The number of hydrogen-bond donors (Lipinski definition) is 3. The molecule has 1 heterocycles. The van der Waals surface area contributed by atoms with Gasteiger partial charge in [0.1, 0.15) is 17.2 Å². The molecular formula is C19H16F3N5OS. The molecule has 2 aromatic carbocycles. The maximum atomic E-state index is 12.7. The highest BCUT2D eigenvalue weighted by Crippen LogP contribution is 2.31. The van der Waals surface area contributed by atoms with Crippen molar-refractivity contribution in [1.29, 1.82) is 0 Å². The highest BCUT2D eigenvalue weighted by molar-refractivity contribution is 7.99. The van der Waals surface area contributed by atoms with Gasteiger partial charge in [-0.3, -0.25) is 0 Å². The molecule has 0 saturated heterocycles. The second kappa shape index (κ2) is 8.82. The number of hydrogen-bond acceptors (Lipinski definition) is 5. The Hall–Kier alpha value is -3.27. The Morgan fingerprint density at radius 2 is 1.69 bits per heavy atom. The van der Waals surface area contributed by atoms with Crippen molar-refractivity contribution in [2.45, 2.75) is 16.1 Å². The molecule has 1 aromatic heterocycles. The fourth-order valence-electron chi connectivity index (χ4n) is 2.33. The molecule has 150 valence electrons. The van der Waals surface area contributed by atoms with Crippen LogP contribution in [-0.2, 0) is 6.18 Å². The van der Waals surface area contributed by atoms with Crippen LogP contribution in [0.25, 0.3) is 0 Å². The van der Waals surface area contributed by atoms with Gasteiger partial charge in [-0.25, -0.2) is 14.8 Å². The van der Waals surface area contributed by atoms with Crippen LogP contribution in [-0.4, -0.2) is 23.0 Å². The Bertz CT molecular complexity index is 996. The van der Waals surface area contributed by atoms with Crippen molar-refractivity contribution in [2.24, 2.45) is 0 Å². The predicted octanol–water partition coefficient (Wildman–Crippen LogP) is 5.33. The second-order valence-electron chi connectivity index (χ2n) is 5.78. The number of halogens is 3. The zero-order chi connectivity index (χ0) is 20.9. The van der Waals surface area contributed by atoms with Crippen molar-refractivity contribution in [3.8, 4) is 0 Å². The smallest absolute Gasteiger partial charge is 0.373 e. The standard InChI is InChI=1S/C19H16F3N5OS/c1-23-16-10-17(25-11-24-16)29-15-7-5-13(6-8-15)26-18(28)27-14-4-2-3-12(9-14)19(20,21)22/h2-11H,1H3,(H,23,24,25)(H2,26,27,28). The molecule has 3 aromatic rings. The van der Waals surface area contributed by atoms with E-state index in [0.29, 0.717) is 11.5 Å². The van der Waals surface area contributed by atoms with Crippen LogP contribution in [0.1, 0.15) is 5.56 Å². The first-order chi connectivity index (χ1) is 13.8. The third-order valence-electron chi connectivity index (χ3n) is 3.68. The maximum Gasteiger partial charge on any atom is 0.416 e. The summed E-state index contributed by atoms with van der Waals surface area (Å²) in [4.78, 5) is 21.2. The zero-order valence-electron chi connectivity index (χ0n) is 15.1. The van der Waals surface area contributed by atoms with E-state index in [9.17, 15) is 18.0 Å². The second-order valence-corrected chi connectivity index (χ2v) is 6.87. The van der Waals surface area contributed by atoms with Crippen LogP contribution in [0.4, 0.5) is 35.2 Å². The lowest BCUT2D eigenvalue weighted by Gasteiger charge is -2.11. The van der Waals surface area contributed by atoms with Gasteiger partial charge < -0.3 is 16.0 Å². The van der Waals surface area contributed by atoms with Gasteiger partial charge in [0, 0.05) is 29.4 Å². The van der Waals surface area contributed by atoms with Gasteiger partial charge in [-0.2, -0.15) is 13.2 Å². The molecule has 0 radical (unpaired) electrons. The molecule has 0 aliphatic rings. The summed E-state index contributed by atoms with van der Waals surface area (Å²) in [6, 6.07) is 12.6. The van der Waals surface area contributed by atoms with E-state index in [2.05, 4.69) is 25.9 Å². The number of anilines is 3. The Labute approximate surface area is 169 Å². The van der Waals surface area contributed by atoms with E-state index in [1.54, 1.807) is 37.4 Å². The topological polar surface area (TPSA) is 78.9 Å². The molecule has 6 nitrogen and oxygen atoms in total. The minimum absolute atomic E-state index is 0.0496. The quantitative estimate of drug-likeness (QED) is 0.487. The number of urea groups is 1. The largest absolute Gasteiger partial charge is 0.416 e. The van der Waals surface area contributed by atoms with Crippen molar-refractivity contribution >= 4 is 35.0 Å². The summed E-state index contributed by atoms with van der Waals surface area (Å²) in [5, 5.41) is 8.66. The molecule has 0 fully saturated rings. The van der Waals surface area contributed by atoms with Crippen molar-refractivity contribution < 1.29 is 18.0 Å². The molecule has 0 atom stereocenters. The minimum Gasteiger partial charge on any atom is -0.373 e. The van der Waals surface area contributed by atoms with Crippen molar-refractivity contribution in [3.05, 3.63) is 66.5 Å². The van der Waals surface area contributed by atoms with Crippen LogP contribution in [0.5, 0.6) is 0 Å². The Morgan fingerprint density at radius 1 is 0.966 bits per heavy atom. The number of nitrogens with zero attached hydrogens (tertiary/aromatic N) is 2. The number of carbonyl (C=O) groups is 1. The SMILES string of the molecule is CNc1cc(Sc2ccc(NC(=O)Nc3cccc(C(F)(F)F)c3)cc2)ncn1. The molecule has 0 aliphatic heterocycles. The van der Waals surface area contributed by atoms with Gasteiger partial charge in [0.25, 0.3) is 0 Å². The number of rotatable bonds is 5. The molecule has 0 spiro atoms. The fraction of sp³-hybridized carbons (Fsp3) is 0.105. The van der Waals surface area contributed by atoms with Gasteiger partial charge in [0.15, 0.2) is 0 Å². The van der Waals surface area contributed by atoms with Gasteiger partial charge >= 0.3 is 12.2 Å². The average molecular weight is 419 g/mol. The summed E-state index contributed by atoms with van der Waals surface area (Å²) in [5.74, 6) is 0.701. The van der Waals surface area contributed by atoms with Crippen LogP contribution >= 0.6 is 11.8 Å². The molecule has 0 bridgehead atoms. The first-order valence-corrected chi connectivity index (χ1v) is 9.18. The number of benzene rings is 2. The van der Waals surface area contributed by atoms with Crippen LogP contribution in [0.3, 0.4) is 0 Å². The zero-order valence-corrected chi connectivity index (χ0v) is 15.9. The Balaban J connectivity index is 1.60. The maximum absolute atomic E-state index is 12.7. The summed E-state index contributed by atoms with van der Waals surface area (Å²) in [5.41, 5.74) is -0.283. The lowest BCUT2D eigenvalue weighted by molar-refractivity contribution is -0.137. The lowest BCUT2D eigenvalue weighted by Crippen LogP contribution is -2.19. The van der Waals surface area contributed by atoms with Crippen LogP contribution in [0.15, 0.2) is 70.8 Å². The summed E-state index contributed by atoms with van der Waals surface area (Å²) in [6.45, 7) is 0. The third kappa shape index (κ3) is 5.85. The van der Waals surface area contributed by atoms with Crippen molar-refractivity contribution in [3.63, 3.8) is 0 Å². The number of carbonyl (C=O) groups excluding carboxylic acids is 1. The molecule has 3 rings (SSSR count). The molecular weight excluding hydrogens is 403 g/mol. The normalized spacial score (nSPS) is 11.0. The summed E-state index contributed by atoms with van der Waals surface area (Å²) >= 11 is 1.43. The van der Waals surface area contributed by atoms with E-state index >= 15 is 0 Å². The van der Waals surface area contributed by atoms with E-state index in [1.807, 2.05) is 0 Å².